The SMILES string of the molecule is O=C(CCc1c[nH]c2ccccc12)NC[C@H]1N[C@@H](O)[C@@H](O)[C@@H](O)[C@@H]1O. The third kappa shape index (κ3) is 3.83. The summed E-state index contributed by atoms with van der Waals surface area (Å²) in [4.78, 5) is 15.2. The van der Waals surface area contributed by atoms with Gasteiger partial charge in [-0.1, -0.05) is 18.2 Å². The fourth-order valence-electron chi connectivity index (χ4n) is 3.12. The molecule has 0 aliphatic carbocycles. The summed E-state index contributed by atoms with van der Waals surface area (Å²) < 4.78 is 0. The van der Waals surface area contributed by atoms with Gasteiger partial charge in [0.2, 0.25) is 5.91 Å². The number of hydrogen-bond acceptors (Lipinski definition) is 6. The summed E-state index contributed by atoms with van der Waals surface area (Å²) in [6, 6.07) is 7.11. The Morgan fingerprint density at radius 2 is 1.84 bits per heavy atom. The topological polar surface area (TPSA) is 138 Å². The van der Waals surface area contributed by atoms with Gasteiger partial charge in [-0.25, -0.2) is 0 Å². The molecular weight excluding hydrogens is 326 g/mol. The number of fused-ring (bicyclic) bond motifs is 1. The summed E-state index contributed by atoms with van der Waals surface area (Å²) in [7, 11) is 0. The summed E-state index contributed by atoms with van der Waals surface area (Å²) in [5, 5.41) is 44.9. The molecular formula is C17H23N3O5. The van der Waals surface area contributed by atoms with Gasteiger partial charge in [-0.3, -0.25) is 10.1 Å². The highest BCUT2D eigenvalue weighted by Gasteiger charge is 2.41. The largest absolute Gasteiger partial charge is 0.389 e. The molecule has 0 unspecified atom stereocenters. The number of aryl methyl sites for hydroxylation is 1. The number of hydrogen-bond donors (Lipinski definition) is 7. The van der Waals surface area contributed by atoms with Crippen molar-refractivity contribution in [2.24, 2.45) is 0 Å². The van der Waals surface area contributed by atoms with E-state index in [0.717, 1.165) is 16.5 Å². The van der Waals surface area contributed by atoms with Gasteiger partial charge in [0, 0.05) is 30.1 Å². The van der Waals surface area contributed by atoms with Crippen LogP contribution >= 0.6 is 0 Å². The summed E-state index contributed by atoms with van der Waals surface area (Å²) >= 11 is 0. The van der Waals surface area contributed by atoms with E-state index in [-0.39, 0.29) is 18.9 Å². The highest BCUT2D eigenvalue weighted by molar-refractivity contribution is 5.84. The van der Waals surface area contributed by atoms with E-state index in [0.29, 0.717) is 6.42 Å². The van der Waals surface area contributed by atoms with Crippen molar-refractivity contribution in [1.82, 2.24) is 15.6 Å². The smallest absolute Gasteiger partial charge is 0.220 e. The molecule has 5 atom stereocenters. The molecule has 1 amide bonds. The van der Waals surface area contributed by atoms with Crippen molar-refractivity contribution in [2.75, 3.05) is 6.54 Å². The summed E-state index contributed by atoms with van der Waals surface area (Å²) in [5.74, 6) is -0.200. The number of nitrogens with one attached hydrogen (secondary N) is 3. The maximum absolute atomic E-state index is 12.0. The van der Waals surface area contributed by atoms with Gasteiger partial charge in [0.25, 0.3) is 0 Å². The van der Waals surface area contributed by atoms with Gasteiger partial charge >= 0.3 is 0 Å². The van der Waals surface area contributed by atoms with Crippen molar-refractivity contribution in [3.8, 4) is 0 Å². The minimum atomic E-state index is -1.47. The molecule has 1 aromatic carbocycles. The van der Waals surface area contributed by atoms with E-state index < -0.39 is 30.6 Å². The van der Waals surface area contributed by atoms with E-state index in [2.05, 4.69) is 15.6 Å². The predicted molar refractivity (Wildman–Crippen MR) is 90.6 cm³/mol. The number of aliphatic hydroxyl groups is 4. The number of para-hydroxylation sites is 1. The molecule has 1 aromatic heterocycles. The van der Waals surface area contributed by atoms with Crippen LogP contribution in [0.15, 0.2) is 30.5 Å². The standard InChI is InChI=1S/C17H23N3O5/c21-13(6-5-9-7-18-11-4-2-1-3-10(9)11)19-8-12-14(22)15(23)16(24)17(25)20-12/h1-4,7,12,14-18,20,22-25H,5-6,8H2,(H,19,21)/t12-,14-,15+,16+,17+/m1/s1. The first kappa shape index (κ1) is 17.8. The van der Waals surface area contributed by atoms with Crippen LogP contribution in [0.25, 0.3) is 10.9 Å². The molecule has 1 aliphatic rings. The average molecular weight is 349 g/mol. The maximum Gasteiger partial charge on any atom is 0.220 e. The third-order valence-corrected chi connectivity index (χ3v) is 4.64. The van der Waals surface area contributed by atoms with E-state index in [4.69, 9.17) is 0 Å². The van der Waals surface area contributed by atoms with Crippen molar-refractivity contribution in [1.29, 1.82) is 0 Å². The molecule has 0 spiro atoms. The molecule has 2 heterocycles. The highest BCUT2D eigenvalue weighted by Crippen LogP contribution is 2.19. The lowest BCUT2D eigenvalue weighted by molar-refractivity contribution is -0.156. The molecule has 8 nitrogen and oxygen atoms in total. The van der Waals surface area contributed by atoms with Gasteiger partial charge in [0.15, 0.2) is 0 Å². The van der Waals surface area contributed by atoms with E-state index in [9.17, 15) is 25.2 Å². The Balaban J connectivity index is 1.50. The number of aliphatic hydroxyl groups excluding tert-OH is 4. The van der Waals surface area contributed by atoms with E-state index in [1.165, 1.54) is 0 Å². The van der Waals surface area contributed by atoms with Crippen LogP contribution in [0.5, 0.6) is 0 Å². The van der Waals surface area contributed by atoms with Gasteiger partial charge in [0.05, 0.1) is 12.1 Å². The number of H-pyrrole nitrogens is 1. The van der Waals surface area contributed by atoms with Crippen LogP contribution in [-0.4, -0.2) is 68.4 Å². The molecule has 3 rings (SSSR count). The Morgan fingerprint density at radius 1 is 1.08 bits per heavy atom. The molecule has 7 N–H and O–H groups in total. The zero-order valence-corrected chi connectivity index (χ0v) is 13.6. The van der Waals surface area contributed by atoms with Gasteiger partial charge in [-0.2, -0.15) is 0 Å². The van der Waals surface area contributed by atoms with Crippen LogP contribution in [0.1, 0.15) is 12.0 Å². The Labute approximate surface area is 144 Å². The molecule has 136 valence electrons. The quantitative estimate of drug-likeness (QED) is 0.354. The van der Waals surface area contributed by atoms with E-state index in [1.807, 2.05) is 30.5 Å². The van der Waals surface area contributed by atoms with Crippen LogP contribution in [0, 0.1) is 0 Å². The minimum Gasteiger partial charge on any atom is -0.389 e. The first-order chi connectivity index (χ1) is 12.0. The molecule has 1 fully saturated rings. The van der Waals surface area contributed by atoms with Crippen molar-refractivity contribution in [3.05, 3.63) is 36.0 Å². The van der Waals surface area contributed by atoms with Crippen molar-refractivity contribution in [2.45, 2.75) is 43.4 Å². The van der Waals surface area contributed by atoms with Gasteiger partial charge in [0.1, 0.15) is 18.4 Å². The van der Waals surface area contributed by atoms with Crippen LogP contribution < -0.4 is 10.6 Å². The lowest BCUT2D eigenvalue weighted by atomic mass is 9.94. The number of carbonyl (C=O) groups excluding carboxylic acids is 1. The van der Waals surface area contributed by atoms with Crippen LogP contribution in [-0.2, 0) is 11.2 Å². The summed E-state index contributed by atoms with van der Waals surface area (Å²) in [5.41, 5.74) is 2.07. The molecule has 0 bridgehead atoms. The Bertz CT molecular complexity index is 734. The number of aromatic amines is 1. The second-order valence-electron chi connectivity index (χ2n) is 6.35. The highest BCUT2D eigenvalue weighted by atomic mass is 16.4. The maximum atomic E-state index is 12.0. The Hall–Kier alpha value is -1.97. The second-order valence-corrected chi connectivity index (χ2v) is 6.35. The average Bonchev–Trinajstić information content (AvgIpc) is 3.03. The van der Waals surface area contributed by atoms with Crippen molar-refractivity contribution in [3.63, 3.8) is 0 Å². The van der Waals surface area contributed by atoms with Crippen molar-refractivity contribution >= 4 is 16.8 Å². The number of aromatic nitrogens is 1. The van der Waals surface area contributed by atoms with Crippen LogP contribution in [0.4, 0.5) is 0 Å². The fraction of sp³-hybridized carbons (Fsp3) is 0.471. The monoisotopic (exact) mass is 349 g/mol. The second kappa shape index (κ2) is 7.51. The van der Waals surface area contributed by atoms with Gasteiger partial charge in [-0.05, 0) is 18.1 Å². The normalized spacial score (nSPS) is 29.7. The fourth-order valence-corrected chi connectivity index (χ4v) is 3.12. The molecule has 1 aliphatic heterocycles. The lowest BCUT2D eigenvalue weighted by Gasteiger charge is -2.39. The third-order valence-electron chi connectivity index (χ3n) is 4.64. The van der Waals surface area contributed by atoms with Gasteiger partial charge < -0.3 is 30.7 Å². The first-order valence-corrected chi connectivity index (χ1v) is 8.27. The summed E-state index contributed by atoms with van der Waals surface area (Å²) in [6.07, 6.45) is -2.84. The predicted octanol–water partition coefficient (Wildman–Crippen LogP) is -1.41. The molecule has 8 heteroatoms. The molecule has 2 aromatic rings. The molecule has 1 saturated heterocycles. The van der Waals surface area contributed by atoms with Crippen LogP contribution in [0.2, 0.25) is 0 Å². The minimum absolute atomic E-state index is 0.0364. The number of benzene rings is 1. The summed E-state index contributed by atoms with van der Waals surface area (Å²) in [6.45, 7) is 0.0364. The molecule has 0 radical (unpaired) electrons. The Kier molecular flexibility index (Phi) is 5.36. The lowest BCUT2D eigenvalue weighted by Crippen LogP contribution is -2.67. The van der Waals surface area contributed by atoms with Gasteiger partial charge in [-0.15, -0.1) is 0 Å². The van der Waals surface area contributed by atoms with E-state index >= 15 is 0 Å². The number of carbonyl (C=O) groups is 1. The molecule has 0 saturated carbocycles. The number of piperidine rings is 1. The Morgan fingerprint density at radius 3 is 2.64 bits per heavy atom. The number of amides is 1. The van der Waals surface area contributed by atoms with Crippen molar-refractivity contribution < 1.29 is 25.2 Å². The zero-order valence-electron chi connectivity index (χ0n) is 13.6. The zero-order chi connectivity index (χ0) is 18.0. The molecule has 25 heavy (non-hydrogen) atoms. The number of rotatable bonds is 5. The van der Waals surface area contributed by atoms with Crippen LogP contribution in [0.3, 0.4) is 0 Å². The van der Waals surface area contributed by atoms with E-state index in [1.54, 1.807) is 0 Å². The first-order valence-electron chi connectivity index (χ1n) is 8.27.